The molecule has 1 aromatic carbocycles. The van der Waals surface area contributed by atoms with Crippen LogP contribution in [0.2, 0.25) is 0 Å². The number of nitrogens with two attached hydrogens (primary N) is 1. The fraction of sp³-hybridized carbons (Fsp3) is 0.533. The summed E-state index contributed by atoms with van der Waals surface area (Å²) in [4.78, 5) is 14.7. The predicted octanol–water partition coefficient (Wildman–Crippen LogP) is 3.10. The van der Waals surface area contributed by atoms with Crippen molar-refractivity contribution < 1.29 is 4.79 Å². The van der Waals surface area contributed by atoms with E-state index >= 15 is 0 Å². The Kier molecular flexibility index (Phi) is 4.99. The Morgan fingerprint density at radius 2 is 2.21 bits per heavy atom. The van der Waals surface area contributed by atoms with E-state index in [4.69, 9.17) is 5.73 Å². The van der Waals surface area contributed by atoms with Crippen LogP contribution in [0.1, 0.15) is 41.6 Å². The van der Waals surface area contributed by atoms with Gasteiger partial charge in [0.05, 0.1) is 0 Å². The maximum Gasteiger partial charge on any atom is 0.254 e. The molecule has 0 spiro atoms. The van der Waals surface area contributed by atoms with Crippen molar-refractivity contribution in [2.45, 2.75) is 38.6 Å². The third-order valence-electron chi connectivity index (χ3n) is 3.68. The molecule has 3 nitrogen and oxygen atoms in total. The van der Waals surface area contributed by atoms with Crippen molar-refractivity contribution in [3.05, 3.63) is 33.8 Å². The quantitative estimate of drug-likeness (QED) is 0.928. The van der Waals surface area contributed by atoms with E-state index in [0.717, 1.165) is 41.4 Å². The lowest BCUT2D eigenvalue weighted by molar-refractivity contribution is 0.0605. The third-order valence-corrected chi connectivity index (χ3v) is 4.13. The Balaban J connectivity index is 2.20. The average molecular weight is 325 g/mol. The molecule has 0 radical (unpaired) electrons. The Bertz CT molecular complexity index is 439. The maximum absolute atomic E-state index is 12.7. The van der Waals surface area contributed by atoms with Crippen molar-refractivity contribution in [1.82, 2.24) is 4.90 Å². The van der Waals surface area contributed by atoms with Crippen LogP contribution in [0.3, 0.4) is 0 Å². The predicted molar refractivity (Wildman–Crippen MR) is 81.2 cm³/mol. The molecule has 4 heteroatoms. The molecule has 2 N–H and O–H groups in total. The van der Waals surface area contributed by atoms with Gasteiger partial charge in [-0.1, -0.05) is 15.9 Å². The lowest BCUT2D eigenvalue weighted by Crippen LogP contribution is -2.44. The zero-order valence-corrected chi connectivity index (χ0v) is 12.9. The van der Waals surface area contributed by atoms with Gasteiger partial charge in [-0.3, -0.25) is 4.79 Å². The number of carbonyl (C=O) groups is 1. The first-order chi connectivity index (χ1) is 9.11. The van der Waals surface area contributed by atoms with Crippen LogP contribution in [-0.4, -0.2) is 29.9 Å². The fourth-order valence-corrected chi connectivity index (χ4v) is 3.39. The van der Waals surface area contributed by atoms with Gasteiger partial charge in [0.2, 0.25) is 0 Å². The fourth-order valence-electron chi connectivity index (χ4n) is 2.79. The van der Waals surface area contributed by atoms with E-state index in [2.05, 4.69) is 15.9 Å². The van der Waals surface area contributed by atoms with Gasteiger partial charge >= 0.3 is 0 Å². The van der Waals surface area contributed by atoms with Crippen LogP contribution in [-0.2, 0) is 0 Å². The van der Waals surface area contributed by atoms with Crippen LogP contribution < -0.4 is 5.73 Å². The van der Waals surface area contributed by atoms with Crippen LogP contribution in [0.25, 0.3) is 0 Å². The van der Waals surface area contributed by atoms with Crippen LogP contribution >= 0.6 is 15.9 Å². The zero-order valence-electron chi connectivity index (χ0n) is 11.4. The van der Waals surface area contributed by atoms with E-state index in [1.165, 1.54) is 6.42 Å². The number of rotatable bonds is 3. The molecular weight excluding hydrogens is 304 g/mol. The van der Waals surface area contributed by atoms with Gasteiger partial charge < -0.3 is 10.6 Å². The molecular formula is C15H21BrN2O. The molecule has 1 amide bonds. The molecule has 0 aromatic heterocycles. The molecule has 19 heavy (non-hydrogen) atoms. The molecule has 1 aromatic rings. The number of nitrogens with zero attached hydrogens (tertiary/aromatic N) is 1. The summed E-state index contributed by atoms with van der Waals surface area (Å²) < 4.78 is 0.961. The van der Waals surface area contributed by atoms with Crippen molar-refractivity contribution in [3.63, 3.8) is 0 Å². The monoisotopic (exact) mass is 324 g/mol. The molecule has 1 saturated heterocycles. The Labute approximate surface area is 123 Å². The van der Waals surface area contributed by atoms with Crippen LogP contribution in [0.5, 0.6) is 0 Å². The third kappa shape index (κ3) is 3.57. The van der Waals surface area contributed by atoms with Crippen molar-refractivity contribution in [2.24, 2.45) is 5.73 Å². The van der Waals surface area contributed by atoms with Crippen LogP contribution in [0.15, 0.2) is 22.7 Å². The smallest absolute Gasteiger partial charge is 0.254 e. The van der Waals surface area contributed by atoms with Gasteiger partial charge in [-0.25, -0.2) is 0 Å². The number of halogens is 1. The summed E-state index contributed by atoms with van der Waals surface area (Å²) in [5.74, 6) is 0.141. The summed E-state index contributed by atoms with van der Waals surface area (Å²) in [7, 11) is 0. The molecule has 1 fully saturated rings. The number of amides is 1. The molecule has 104 valence electrons. The SMILES string of the molecule is Cc1cc(Br)cc(C(=O)N2CCCCC2CCN)c1. The van der Waals surface area contributed by atoms with Crippen LogP contribution in [0, 0.1) is 6.92 Å². The van der Waals surface area contributed by atoms with Gasteiger partial charge in [0, 0.05) is 22.6 Å². The molecule has 0 aliphatic carbocycles. The first-order valence-electron chi connectivity index (χ1n) is 6.90. The summed E-state index contributed by atoms with van der Waals surface area (Å²) in [5.41, 5.74) is 7.54. The van der Waals surface area contributed by atoms with Crippen LogP contribution in [0.4, 0.5) is 0 Å². The van der Waals surface area contributed by atoms with Gasteiger partial charge in [0.1, 0.15) is 0 Å². The minimum absolute atomic E-state index is 0.141. The Hall–Kier alpha value is -0.870. The summed E-state index contributed by atoms with van der Waals surface area (Å²) >= 11 is 3.46. The van der Waals surface area contributed by atoms with Gasteiger partial charge in [0.15, 0.2) is 0 Å². The first-order valence-corrected chi connectivity index (χ1v) is 7.69. The second kappa shape index (κ2) is 6.53. The summed E-state index contributed by atoms with van der Waals surface area (Å²) in [6, 6.07) is 6.19. The molecule has 0 saturated carbocycles. The number of carbonyl (C=O) groups excluding carboxylic acids is 1. The number of hydrogen-bond donors (Lipinski definition) is 1. The topological polar surface area (TPSA) is 46.3 Å². The zero-order chi connectivity index (χ0) is 13.8. The average Bonchev–Trinajstić information content (AvgIpc) is 2.38. The van der Waals surface area contributed by atoms with Crippen molar-refractivity contribution in [2.75, 3.05) is 13.1 Å². The molecule has 1 atom stereocenters. The van der Waals surface area contributed by atoms with Gasteiger partial charge in [0.25, 0.3) is 5.91 Å². The van der Waals surface area contributed by atoms with Crippen molar-refractivity contribution in [3.8, 4) is 0 Å². The van der Waals surface area contributed by atoms with E-state index in [1.54, 1.807) is 0 Å². The second-order valence-electron chi connectivity index (χ2n) is 5.24. The van der Waals surface area contributed by atoms with E-state index in [0.29, 0.717) is 12.6 Å². The number of likely N-dealkylation sites (tertiary alicyclic amines) is 1. The van der Waals surface area contributed by atoms with Gasteiger partial charge in [-0.15, -0.1) is 0 Å². The summed E-state index contributed by atoms with van der Waals surface area (Å²) in [5, 5.41) is 0. The van der Waals surface area contributed by atoms with E-state index < -0.39 is 0 Å². The van der Waals surface area contributed by atoms with E-state index in [-0.39, 0.29) is 5.91 Å². The normalized spacial score (nSPS) is 19.5. The maximum atomic E-state index is 12.7. The summed E-state index contributed by atoms with van der Waals surface area (Å²) in [6.07, 6.45) is 4.28. The number of aryl methyl sites for hydroxylation is 1. The highest BCUT2D eigenvalue weighted by Gasteiger charge is 2.26. The van der Waals surface area contributed by atoms with E-state index in [9.17, 15) is 4.79 Å². The Morgan fingerprint density at radius 1 is 1.42 bits per heavy atom. The number of benzene rings is 1. The molecule has 2 rings (SSSR count). The molecule has 1 unspecified atom stereocenters. The number of hydrogen-bond acceptors (Lipinski definition) is 2. The lowest BCUT2D eigenvalue weighted by atomic mass is 9.98. The highest BCUT2D eigenvalue weighted by atomic mass is 79.9. The Morgan fingerprint density at radius 3 is 2.89 bits per heavy atom. The first kappa shape index (κ1) is 14.5. The molecule has 1 aliphatic rings. The van der Waals surface area contributed by atoms with Crippen molar-refractivity contribution >= 4 is 21.8 Å². The molecule has 1 heterocycles. The van der Waals surface area contributed by atoms with Gasteiger partial charge in [-0.2, -0.15) is 0 Å². The second-order valence-corrected chi connectivity index (χ2v) is 6.16. The van der Waals surface area contributed by atoms with Gasteiger partial charge in [-0.05, 0) is 62.9 Å². The van der Waals surface area contributed by atoms with E-state index in [1.807, 2.05) is 30.0 Å². The minimum atomic E-state index is 0.141. The lowest BCUT2D eigenvalue weighted by Gasteiger charge is -2.36. The minimum Gasteiger partial charge on any atom is -0.336 e. The van der Waals surface area contributed by atoms with Crippen molar-refractivity contribution in [1.29, 1.82) is 0 Å². The molecule has 0 bridgehead atoms. The summed E-state index contributed by atoms with van der Waals surface area (Å²) in [6.45, 7) is 3.51. The molecule has 1 aliphatic heterocycles. The largest absolute Gasteiger partial charge is 0.336 e. The standard InChI is InChI=1S/C15H21BrN2O/c1-11-8-12(10-13(16)9-11)15(19)18-7-3-2-4-14(18)5-6-17/h8-10,14H,2-7,17H2,1H3. The highest BCUT2D eigenvalue weighted by molar-refractivity contribution is 9.10. The number of piperidine rings is 1. The highest BCUT2D eigenvalue weighted by Crippen LogP contribution is 2.23.